The lowest BCUT2D eigenvalue weighted by atomic mass is 9.86. The van der Waals surface area contributed by atoms with Crippen LogP contribution in [0.1, 0.15) is 61.8 Å². The van der Waals surface area contributed by atoms with Gasteiger partial charge in [0.2, 0.25) is 11.8 Å². The van der Waals surface area contributed by atoms with E-state index in [2.05, 4.69) is 0 Å². The Balaban J connectivity index is 1.25. The van der Waals surface area contributed by atoms with Crippen LogP contribution < -0.4 is 0 Å². The predicted octanol–water partition coefficient (Wildman–Crippen LogP) is 5.39. The van der Waals surface area contributed by atoms with E-state index in [0.29, 0.717) is 12.8 Å². The van der Waals surface area contributed by atoms with E-state index in [0.717, 1.165) is 32.4 Å². The van der Waals surface area contributed by atoms with Crippen molar-refractivity contribution in [2.24, 2.45) is 0 Å². The number of benzene rings is 4. The summed E-state index contributed by atoms with van der Waals surface area (Å²) in [6.07, 6.45) is 0.767. The van der Waals surface area contributed by atoms with Crippen molar-refractivity contribution >= 4 is 35.7 Å². The topological polar surface area (TPSA) is 164 Å². The Labute approximate surface area is 385 Å². The van der Waals surface area contributed by atoms with Gasteiger partial charge in [0.25, 0.3) is 0 Å². The molecule has 2 saturated heterocycles. The van der Waals surface area contributed by atoms with E-state index in [1.54, 1.807) is 0 Å². The maximum absolute atomic E-state index is 14.2. The van der Waals surface area contributed by atoms with Crippen molar-refractivity contribution in [1.29, 1.82) is 0 Å². The molecular formula is C50H60N4O12+2. The van der Waals surface area contributed by atoms with Gasteiger partial charge in [0.1, 0.15) is 52.5 Å². The third-order valence-corrected chi connectivity index (χ3v) is 12.6. The number of ether oxygens (including phenoxy) is 2. The van der Waals surface area contributed by atoms with E-state index in [9.17, 15) is 28.8 Å². The number of piperidine rings is 2. The number of hydroxylamine groups is 10. The summed E-state index contributed by atoms with van der Waals surface area (Å²) in [6, 6.07) is 37.5. The van der Waals surface area contributed by atoms with Crippen LogP contribution in [-0.4, -0.2) is 120 Å². The van der Waals surface area contributed by atoms with Gasteiger partial charge in [-0.15, -0.1) is 9.29 Å². The third-order valence-electron chi connectivity index (χ3n) is 12.6. The van der Waals surface area contributed by atoms with E-state index in [4.69, 9.17) is 28.8 Å². The molecule has 66 heavy (non-hydrogen) atoms. The minimum absolute atomic E-state index is 0.00646. The molecule has 0 aromatic heterocycles. The smallest absolute Gasteiger partial charge is 0.467 e. The number of methoxy groups -OCH3 is 2. The maximum atomic E-state index is 14.2. The van der Waals surface area contributed by atoms with Gasteiger partial charge in [-0.3, -0.25) is 28.9 Å². The van der Waals surface area contributed by atoms with Crippen LogP contribution in [0, 0.1) is 0 Å². The normalized spacial score (nSPS) is 22.5. The molecule has 350 valence electrons. The molecule has 0 bridgehead atoms. The molecule has 0 atom stereocenters. The number of hydrogen-bond donors (Lipinski definition) is 0. The van der Waals surface area contributed by atoms with Crippen LogP contribution in [0.25, 0.3) is 0 Å². The fraction of sp³-hybridized carbons (Fsp3) is 0.400. The van der Waals surface area contributed by atoms with Crippen LogP contribution >= 0.6 is 0 Å². The molecule has 6 rings (SSSR count). The number of quaternary nitrogens is 2. The summed E-state index contributed by atoms with van der Waals surface area (Å²) in [5.41, 5.74) is 0.331. The van der Waals surface area contributed by atoms with Crippen LogP contribution in [-0.2, 0) is 83.6 Å². The van der Waals surface area contributed by atoms with Crippen LogP contribution in [0.3, 0.4) is 0 Å². The van der Waals surface area contributed by atoms with E-state index in [1.807, 2.05) is 121 Å². The summed E-state index contributed by atoms with van der Waals surface area (Å²) in [6.45, 7) is 3.13. The highest BCUT2D eigenvalue weighted by molar-refractivity contribution is 6.29. The molecule has 4 aromatic rings. The summed E-state index contributed by atoms with van der Waals surface area (Å²) >= 11 is 0. The second-order valence-electron chi connectivity index (χ2n) is 16.9. The Bertz CT molecular complexity index is 2100. The van der Waals surface area contributed by atoms with Gasteiger partial charge < -0.3 is 9.47 Å². The van der Waals surface area contributed by atoms with E-state index < -0.39 is 46.8 Å². The molecule has 2 amide bonds. The molecule has 2 aliphatic heterocycles. The van der Waals surface area contributed by atoms with Crippen LogP contribution in [0.15, 0.2) is 121 Å². The molecule has 16 nitrogen and oxygen atoms in total. The molecule has 2 heterocycles. The third kappa shape index (κ3) is 11.7. The number of hydrogen-bond acceptors (Lipinski definition) is 12. The summed E-state index contributed by atoms with van der Waals surface area (Å²) in [4.78, 5) is 107. The molecule has 2 aliphatic rings. The average molecular weight is 909 g/mol. The first-order valence-electron chi connectivity index (χ1n) is 22.2. The molecular weight excluding hydrogens is 849 g/mol. The lowest BCUT2D eigenvalue weighted by Gasteiger charge is -2.47. The largest absolute Gasteiger partial charge is 0.480 e. The van der Waals surface area contributed by atoms with Crippen molar-refractivity contribution < 1.29 is 66.9 Å². The van der Waals surface area contributed by atoms with E-state index in [1.165, 1.54) is 28.1 Å². The monoisotopic (exact) mass is 908 g/mol. The predicted molar refractivity (Wildman–Crippen MR) is 238 cm³/mol. The first-order valence-corrected chi connectivity index (χ1v) is 22.2. The average Bonchev–Trinajstić information content (AvgIpc) is 3.34. The van der Waals surface area contributed by atoms with E-state index >= 15 is 0 Å². The molecule has 0 unspecified atom stereocenters. The number of carbonyl (C=O) groups is 6. The van der Waals surface area contributed by atoms with Crippen molar-refractivity contribution in [3.8, 4) is 0 Å². The number of likely N-dealkylation sites (tertiary alicyclic amines) is 2. The molecule has 0 spiro atoms. The quantitative estimate of drug-likeness (QED) is 0.0542. The molecule has 0 radical (unpaired) electrons. The zero-order valence-electron chi connectivity index (χ0n) is 38.1. The van der Waals surface area contributed by atoms with Gasteiger partial charge in [0, 0.05) is 52.4 Å². The molecule has 4 aromatic carbocycles. The fourth-order valence-corrected chi connectivity index (χ4v) is 8.95. The number of amides is 2. The zero-order valence-corrected chi connectivity index (χ0v) is 38.1. The number of carbonyl (C=O) groups excluding carboxylic acids is 6. The summed E-state index contributed by atoms with van der Waals surface area (Å²) in [5.74, 6) is -4.92. The number of esters is 2. The molecule has 0 aliphatic carbocycles. The van der Waals surface area contributed by atoms with Gasteiger partial charge in [-0.2, -0.15) is 0 Å². The first kappa shape index (κ1) is 49.0. The Morgan fingerprint density at radius 1 is 0.470 bits per heavy atom. The lowest BCUT2D eigenvalue weighted by molar-refractivity contribution is -1.10. The van der Waals surface area contributed by atoms with Crippen LogP contribution in [0.4, 0.5) is 0 Å². The molecule has 0 N–H and O–H groups in total. The standard InChI is InChI=1S/C50H60N4O12/c1-39(55)51(63-37-43-21-13-7-14-22-43)49(47(59)61-3)27-33-53(34-28-49,31-25-41-17-9-5-10-18-41)65-45(57)46(58)66-54(32-26-42-19-11-6-12-20-42)35-29-50(30-36-54,48(60)62-4)52(40(2)56)64-38-44-23-15-8-16-24-44/h5-24H,25-38H2,1-4H3/q+2. The lowest BCUT2D eigenvalue weighted by Crippen LogP contribution is -2.68. The van der Waals surface area contributed by atoms with Gasteiger partial charge >= 0.3 is 23.9 Å². The SMILES string of the molecule is COC(=O)C1(N(OCc2ccccc2)C(C)=O)CC[N+](CCc2ccccc2)(OC(=O)C(=O)O[N+]2(CCc3ccccc3)CCC(C(=O)OC)(N(OCc3ccccc3)C(C)=O)CC2)CC1. The van der Waals surface area contributed by atoms with E-state index in [-0.39, 0.29) is 87.5 Å². The Morgan fingerprint density at radius 2 is 0.758 bits per heavy atom. The van der Waals surface area contributed by atoms with Gasteiger partial charge in [-0.1, -0.05) is 121 Å². The highest BCUT2D eigenvalue weighted by atomic mass is 16.8. The second kappa shape index (κ2) is 22.2. The van der Waals surface area contributed by atoms with Gasteiger partial charge in [0.15, 0.2) is 11.1 Å². The maximum Gasteiger partial charge on any atom is 0.480 e. The van der Waals surface area contributed by atoms with Crippen molar-refractivity contribution in [3.63, 3.8) is 0 Å². The second-order valence-corrected chi connectivity index (χ2v) is 16.9. The zero-order chi connectivity index (χ0) is 47.2. The molecule has 2 fully saturated rings. The summed E-state index contributed by atoms with van der Waals surface area (Å²) in [5, 5.41) is 2.14. The van der Waals surface area contributed by atoms with Crippen LogP contribution in [0.5, 0.6) is 0 Å². The van der Waals surface area contributed by atoms with Crippen LogP contribution in [0.2, 0.25) is 0 Å². The minimum atomic E-state index is -1.57. The summed E-state index contributed by atoms with van der Waals surface area (Å²) in [7, 11) is 2.48. The first-order chi connectivity index (χ1) is 31.8. The van der Waals surface area contributed by atoms with Gasteiger partial charge in [0.05, 0.1) is 14.2 Å². The Morgan fingerprint density at radius 3 is 1.03 bits per heavy atom. The van der Waals surface area contributed by atoms with Crippen molar-refractivity contribution in [1.82, 2.24) is 10.1 Å². The molecule has 16 heteroatoms. The van der Waals surface area contributed by atoms with Gasteiger partial charge in [-0.05, 0) is 22.3 Å². The highest BCUT2D eigenvalue weighted by Crippen LogP contribution is 2.38. The van der Waals surface area contributed by atoms with Crippen molar-refractivity contribution in [3.05, 3.63) is 144 Å². The Hall–Kier alpha value is -6.46. The van der Waals surface area contributed by atoms with Crippen molar-refractivity contribution in [2.75, 3.05) is 53.5 Å². The fourth-order valence-electron chi connectivity index (χ4n) is 8.95. The molecule has 0 saturated carbocycles. The number of rotatable bonds is 18. The Kier molecular flexibility index (Phi) is 16.4. The minimum Gasteiger partial charge on any atom is -0.467 e. The number of nitrogens with zero attached hydrogens (tertiary/aromatic N) is 4. The van der Waals surface area contributed by atoms with Crippen molar-refractivity contribution in [2.45, 2.75) is 76.7 Å². The highest BCUT2D eigenvalue weighted by Gasteiger charge is 2.58. The summed E-state index contributed by atoms with van der Waals surface area (Å²) < 4.78 is 9.82. The van der Waals surface area contributed by atoms with Gasteiger partial charge in [-0.25, -0.2) is 29.3 Å².